The Hall–Kier alpha value is -2.85. The molecule has 1 aromatic carbocycles. The van der Waals surface area contributed by atoms with Gasteiger partial charge in [-0.25, -0.2) is 4.90 Å². The SMILES string of the molecule is COCCN(C#N)C(=N)N1CC2CC(CN(CC(O)COc3ccc(C#N)cc3)C2)C1. The van der Waals surface area contributed by atoms with Crippen molar-refractivity contribution < 1.29 is 14.6 Å². The van der Waals surface area contributed by atoms with Gasteiger partial charge in [0.25, 0.3) is 0 Å². The summed E-state index contributed by atoms with van der Waals surface area (Å²) in [5.41, 5.74) is 0.575. The molecule has 9 nitrogen and oxygen atoms in total. The molecule has 0 aromatic heterocycles. The number of β-amino-alcohol motifs (C(OH)–C–C–N with tert-alkyl or cyclic N) is 1. The number of rotatable bonds is 8. The maximum absolute atomic E-state index is 10.4. The molecule has 2 N–H and O–H groups in total. The zero-order valence-electron chi connectivity index (χ0n) is 17.9. The van der Waals surface area contributed by atoms with E-state index < -0.39 is 6.10 Å². The summed E-state index contributed by atoms with van der Waals surface area (Å²) < 4.78 is 10.7. The van der Waals surface area contributed by atoms with Crippen LogP contribution in [0, 0.1) is 40.0 Å². The molecule has 1 aromatic rings. The molecule has 2 saturated heterocycles. The lowest BCUT2D eigenvalue weighted by molar-refractivity contribution is 0.0126. The van der Waals surface area contributed by atoms with E-state index in [2.05, 4.69) is 17.2 Å². The number of ether oxygens (including phenoxy) is 2. The standard InChI is InChI=1S/C22H30N6O3/c1-30-7-6-27(16-24)22(25)28-12-18-8-19(13-28)11-26(10-18)14-20(29)15-31-21-4-2-17(9-23)3-5-21/h2-5,18-20,25,29H,6-8,10-15H2,1H3. The van der Waals surface area contributed by atoms with Gasteiger partial charge < -0.3 is 19.5 Å². The van der Waals surface area contributed by atoms with Crippen molar-refractivity contribution in [2.24, 2.45) is 11.8 Å². The molecule has 0 radical (unpaired) electrons. The maximum Gasteiger partial charge on any atom is 0.207 e. The van der Waals surface area contributed by atoms with Crippen LogP contribution in [0.2, 0.25) is 0 Å². The smallest absolute Gasteiger partial charge is 0.207 e. The third-order valence-electron chi connectivity index (χ3n) is 5.75. The van der Waals surface area contributed by atoms with E-state index in [0.29, 0.717) is 42.8 Å². The van der Waals surface area contributed by atoms with Crippen LogP contribution in [0.5, 0.6) is 5.75 Å². The van der Waals surface area contributed by atoms with Gasteiger partial charge in [-0.3, -0.25) is 10.3 Å². The molecule has 0 spiro atoms. The van der Waals surface area contributed by atoms with E-state index in [-0.39, 0.29) is 12.6 Å². The van der Waals surface area contributed by atoms with Gasteiger partial charge in [-0.15, -0.1) is 0 Å². The Labute approximate surface area is 183 Å². The number of nitriles is 2. The number of nitrogens with one attached hydrogen (secondary N) is 1. The lowest BCUT2D eigenvalue weighted by atomic mass is 9.84. The Morgan fingerprint density at radius 2 is 1.90 bits per heavy atom. The summed E-state index contributed by atoms with van der Waals surface area (Å²) in [6.07, 6.45) is 2.59. The third kappa shape index (κ3) is 6.31. The van der Waals surface area contributed by atoms with Crippen LogP contribution in [0.15, 0.2) is 24.3 Å². The average Bonchev–Trinajstić information content (AvgIpc) is 2.77. The Morgan fingerprint density at radius 3 is 2.48 bits per heavy atom. The second kappa shape index (κ2) is 11.0. The Morgan fingerprint density at radius 1 is 1.23 bits per heavy atom. The van der Waals surface area contributed by atoms with Crippen molar-refractivity contribution in [3.63, 3.8) is 0 Å². The minimum Gasteiger partial charge on any atom is -0.491 e. The summed E-state index contributed by atoms with van der Waals surface area (Å²) in [6, 6.07) is 8.92. The lowest BCUT2D eigenvalue weighted by Crippen LogP contribution is -2.57. The van der Waals surface area contributed by atoms with Crippen molar-refractivity contribution in [1.29, 1.82) is 15.9 Å². The van der Waals surface area contributed by atoms with Crippen molar-refractivity contribution in [1.82, 2.24) is 14.7 Å². The van der Waals surface area contributed by atoms with Crippen LogP contribution in [0.3, 0.4) is 0 Å². The van der Waals surface area contributed by atoms with Crippen molar-refractivity contribution >= 4 is 5.96 Å². The molecule has 2 aliphatic rings. The Bertz CT molecular complexity index is 804. The van der Waals surface area contributed by atoms with Gasteiger partial charge in [0.05, 0.1) is 24.8 Å². The fraction of sp³-hybridized carbons (Fsp3) is 0.591. The minimum atomic E-state index is -0.605. The highest BCUT2D eigenvalue weighted by Gasteiger charge is 2.36. The van der Waals surface area contributed by atoms with E-state index in [4.69, 9.17) is 20.1 Å². The summed E-state index contributed by atoms with van der Waals surface area (Å²) in [7, 11) is 1.59. The summed E-state index contributed by atoms with van der Waals surface area (Å²) in [6.45, 7) is 4.74. The van der Waals surface area contributed by atoms with Crippen molar-refractivity contribution in [3.05, 3.63) is 29.8 Å². The summed E-state index contributed by atoms with van der Waals surface area (Å²) in [5, 5.41) is 37.0. The molecule has 9 heteroatoms. The van der Waals surface area contributed by atoms with Crippen LogP contribution < -0.4 is 4.74 Å². The molecule has 2 heterocycles. The first-order valence-corrected chi connectivity index (χ1v) is 10.6. The minimum absolute atomic E-state index is 0.200. The van der Waals surface area contributed by atoms with E-state index in [1.165, 1.54) is 4.90 Å². The van der Waals surface area contributed by atoms with Crippen molar-refractivity contribution in [2.75, 3.05) is 59.6 Å². The predicted molar refractivity (Wildman–Crippen MR) is 114 cm³/mol. The van der Waals surface area contributed by atoms with Gasteiger partial charge in [0.2, 0.25) is 5.96 Å². The van der Waals surface area contributed by atoms with Gasteiger partial charge in [-0.2, -0.15) is 10.5 Å². The molecule has 0 aliphatic carbocycles. The average molecular weight is 427 g/mol. The molecule has 31 heavy (non-hydrogen) atoms. The zero-order valence-corrected chi connectivity index (χ0v) is 17.9. The van der Waals surface area contributed by atoms with Gasteiger partial charge in [0, 0.05) is 39.8 Å². The number of fused-ring (bicyclic) bond motifs is 2. The molecule has 2 fully saturated rings. The highest BCUT2D eigenvalue weighted by molar-refractivity contribution is 5.78. The predicted octanol–water partition coefficient (Wildman–Crippen LogP) is 0.916. The fourth-order valence-corrected chi connectivity index (χ4v) is 4.44. The van der Waals surface area contributed by atoms with Crippen LogP contribution in [0.1, 0.15) is 12.0 Å². The first kappa shape index (κ1) is 22.8. The second-order valence-corrected chi connectivity index (χ2v) is 8.26. The van der Waals surface area contributed by atoms with E-state index in [9.17, 15) is 10.4 Å². The quantitative estimate of drug-likeness (QED) is 0.272. The number of benzene rings is 1. The summed E-state index contributed by atoms with van der Waals surface area (Å²) >= 11 is 0. The molecule has 0 amide bonds. The second-order valence-electron chi connectivity index (χ2n) is 8.26. The van der Waals surface area contributed by atoms with Gasteiger partial charge in [0.15, 0.2) is 6.19 Å². The molecular formula is C22H30N6O3. The number of methoxy groups -OCH3 is 1. The van der Waals surface area contributed by atoms with Crippen LogP contribution >= 0.6 is 0 Å². The summed E-state index contributed by atoms with van der Waals surface area (Å²) in [5.74, 6) is 1.70. The number of nitrogens with zero attached hydrogens (tertiary/aromatic N) is 5. The first-order valence-electron chi connectivity index (χ1n) is 10.6. The molecule has 3 unspecified atom stereocenters. The van der Waals surface area contributed by atoms with E-state index >= 15 is 0 Å². The number of piperidine rings is 2. The van der Waals surface area contributed by atoms with Crippen LogP contribution in [0.25, 0.3) is 0 Å². The Balaban J connectivity index is 1.45. The highest BCUT2D eigenvalue weighted by Crippen LogP contribution is 2.29. The summed E-state index contributed by atoms with van der Waals surface area (Å²) in [4.78, 5) is 5.66. The Kier molecular flexibility index (Phi) is 8.07. The van der Waals surface area contributed by atoms with Crippen molar-refractivity contribution in [3.8, 4) is 18.0 Å². The van der Waals surface area contributed by atoms with E-state index in [0.717, 1.165) is 32.6 Å². The molecule has 0 saturated carbocycles. The van der Waals surface area contributed by atoms with Gasteiger partial charge in [0.1, 0.15) is 18.5 Å². The van der Waals surface area contributed by atoms with Gasteiger partial charge in [-0.05, 0) is 42.5 Å². The number of hydrogen-bond acceptors (Lipinski definition) is 7. The molecule has 3 atom stereocenters. The van der Waals surface area contributed by atoms with E-state index in [1.54, 1.807) is 31.4 Å². The zero-order chi connectivity index (χ0) is 22.2. The highest BCUT2D eigenvalue weighted by atomic mass is 16.5. The monoisotopic (exact) mass is 426 g/mol. The first-order chi connectivity index (χ1) is 15.0. The number of likely N-dealkylation sites (tertiary alicyclic amines) is 2. The number of aliphatic hydroxyl groups is 1. The normalized spacial score (nSPS) is 21.6. The number of aliphatic hydroxyl groups excluding tert-OH is 1. The van der Waals surface area contributed by atoms with Gasteiger partial charge in [-0.1, -0.05) is 0 Å². The van der Waals surface area contributed by atoms with Crippen molar-refractivity contribution in [2.45, 2.75) is 12.5 Å². The third-order valence-corrected chi connectivity index (χ3v) is 5.75. The maximum atomic E-state index is 10.4. The molecule has 166 valence electrons. The topological polar surface area (TPSA) is 120 Å². The van der Waals surface area contributed by atoms with Crippen LogP contribution in [-0.2, 0) is 4.74 Å². The van der Waals surface area contributed by atoms with Crippen LogP contribution in [0.4, 0.5) is 0 Å². The molecule has 2 aliphatic heterocycles. The van der Waals surface area contributed by atoms with Crippen LogP contribution in [-0.4, -0.2) is 91.5 Å². The lowest BCUT2D eigenvalue weighted by Gasteiger charge is -2.47. The molecule has 3 rings (SSSR count). The number of guanidine groups is 1. The molecular weight excluding hydrogens is 396 g/mol. The number of hydrogen-bond donors (Lipinski definition) is 2. The van der Waals surface area contributed by atoms with E-state index in [1.807, 2.05) is 4.90 Å². The largest absolute Gasteiger partial charge is 0.491 e. The van der Waals surface area contributed by atoms with Gasteiger partial charge >= 0.3 is 0 Å². The fourth-order valence-electron chi connectivity index (χ4n) is 4.44. The molecule has 2 bridgehead atoms.